The number of allylic oxidation sites excluding steroid dienone is 1. The number of anilines is 1. The quantitative estimate of drug-likeness (QED) is 0.462. The number of benzene rings is 1. The van der Waals surface area contributed by atoms with E-state index in [2.05, 4.69) is 11.4 Å². The average Bonchev–Trinajstić information content (AvgIpc) is 2.49. The molecule has 0 bridgehead atoms. The van der Waals surface area contributed by atoms with E-state index in [0.717, 1.165) is 18.7 Å². The minimum Gasteiger partial charge on any atom is -0.487 e. The van der Waals surface area contributed by atoms with Crippen molar-refractivity contribution in [2.45, 2.75) is 39.0 Å². The first kappa shape index (κ1) is 15.4. The summed E-state index contributed by atoms with van der Waals surface area (Å²) in [5.74, 6) is 0.324. The molecular weight excluding hydrogens is 268 g/mol. The van der Waals surface area contributed by atoms with Gasteiger partial charge in [-0.25, -0.2) is 0 Å². The average molecular weight is 290 g/mol. The Balaban J connectivity index is 1.95. The van der Waals surface area contributed by atoms with Crippen molar-refractivity contribution in [1.82, 2.24) is 0 Å². The van der Waals surface area contributed by atoms with Crippen molar-refractivity contribution in [2.75, 3.05) is 18.5 Å². The van der Waals surface area contributed by atoms with Gasteiger partial charge in [0, 0.05) is 24.4 Å². The number of nitrogens with one attached hydrogen (secondary N) is 1. The van der Waals surface area contributed by atoms with E-state index >= 15 is 0 Å². The maximum absolute atomic E-state index is 10.9. The van der Waals surface area contributed by atoms with Gasteiger partial charge in [0.2, 0.25) is 0 Å². The Bertz CT molecular complexity index is 526. The first-order valence-electron chi connectivity index (χ1n) is 7.53. The highest BCUT2D eigenvalue weighted by Crippen LogP contribution is 2.30. The van der Waals surface area contributed by atoms with Crippen molar-refractivity contribution in [3.8, 4) is 5.75 Å². The van der Waals surface area contributed by atoms with Crippen LogP contribution in [0.4, 0.5) is 11.4 Å². The second kappa shape index (κ2) is 7.67. The Morgan fingerprint density at radius 3 is 2.90 bits per heavy atom. The lowest BCUT2D eigenvalue weighted by Crippen LogP contribution is -2.05. The zero-order valence-electron chi connectivity index (χ0n) is 12.4. The van der Waals surface area contributed by atoms with E-state index < -0.39 is 4.92 Å². The first-order chi connectivity index (χ1) is 10.2. The van der Waals surface area contributed by atoms with Crippen LogP contribution in [0, 0.1) is 10.1 Å². The van der Waals surface area contributed by atoms with Gasteiger partial charge < -0.3 is 10.1 Å². The topological polar surface area (TPSA) is 64.4 Å². The predicted octanol–water partition coefficient (Wildman–Crippen LogP) is 4.30. The molecule has 21 heavy (non-hydrogen) atoms. The molecule has 0 spiro atoms. The van der Waals surface area contributed by atoms with Crippen LogP contribution in [0.3, 0.4) is 0 Å². The van der Waals surface area contributed by atoms with E-state index in [1.807, 2.05) is 6.92 Å². The summed E-state index contributed by atoms with van der Waals surface area (Å²) in [5, 5.41) is 14.2. The van der Waals surface area contributed by atoms with E-state index in [4.69, 9.17) is 4.74 Å². The molecule has 0 aromatic heterocycles. The fraction of sp³-hybridized carbons (Fsp3) is 0.500. The molecule has 0 saturated heterocycles. The molecule has 1 aromatic carbocycles. The maximum atomic E-state index is 10.9. The molecule has 0 saturated carbocycles. The van der Waals surface area contributed by atoms with Crippen LogP contribution in [0.5, 0.6) is 5.75 Å². The number of nitro benzene ring substituents is 1. The van der Waals surface area contributed by atoms with Gasteiger partial charge in [-0.2, -0.15) is 0 Å². The van der Waals surface area contributed by atoms with Crippen LogP contribution < -0.4 is 10.1 Å². The van der Waals surface area contributed by atoms with Crippen molar-refractivity contribution in [1.29, 1.82) is 0 Å². The third-order valence-electron chi connectivity index (χ3n) is 3.62. The van der Waals surface area contributed by atoms with Gasteiger partial charge in [0.25, 0.3) is 0 Å². The Hall–Kier alpha value is -2.04. The van der Waals surface area contributed by atoms with Gasteiger partial charge in [0.1, 0.15) is 0 Å². The van der Waals surface area contributed by atoms with Crippen LogP contribution in [-0.2, 0) is 0 Å². The van der Waals surface area contributed by atoms with Gasteiger partial charge in [-0.1, -0.05) is 11.6 Å². The van der Waals surface area contributed by atoms with Crippen LogP contribution in [0.25, 0.3) is 0 Å². The SMILES string of the molecule is CCOc1cc(NCCC2=CCCCC2)ccc1[N+](=O)[O-]. The van der Waals surface area contributed by atoms with Gasteiger partial charge in [-0.05, 0) is 45.1 Å². The van der Waals surface area contributed by atoms with Gasteiger partial charge in [0.15, 0.2) is 5.75 Å². The van der Waals surface area contributed by atoms with Gasteiger partial charge in [0.05, 0.1) is 11.5 Å². The third-order valence-corrected chi connectivity index (χ3v) is 3.62. The van der Waals surface area contributed by atoms with Crippen molar-refractivity contribution >= 4 is 11.4 Å². The van der Waals surface area contributed by atoms with Crippen molar-refractivity contribution in [3.05, 3.63) is 40.0 Å². The smallest absolute Gasteiger partial charge is 0.311 e. The molecule has 1 N–H and O–H groups in total. The van der Waals surface area contributed by atoms with Crippen LogP contribution in [0.2, 0.25) is 0 Å². The molecular formula is C16H22N2O3. The molecule has 1 aliphatic carbocycles. The predicted molar refractivity (Wildman–Crippen MR) is 83.9 cm³/mol. The molecule has 2 rings (SSSR count). The highest BCUT2D eigenvalue weighted by atomic mass is 16.6. The van der Waals surface area contributed by atoms with Gasteiger partial charge in [-0.15, -0.1) is 0 Å². The van der Waals surface area contributed by atoms with E-state index in [9.17, 15) is 10.1 Å². The van der Waals surface area contributed by atoms with Crippen molar-refractivity contribution in [2.24, 2.45) is 0 Å². The van der Waals surface area contributed by atoms with Crippen LogP contribution in [-0.4, -0.2) is 18.1 Å². The second-order valence-electron chi connectivity index (χ2n) is 5.16. The number of hydrogen-bond donors (Lipinski definition) is 1. The standard InChI is InChI=1S/C16H22N2O3/c1-2-21-16-12-14(8-9-15(16)18(19)20)17-11-10-13-6-4-3-5-7-13/h6,8-9,12,17H,2-5,7,10-11H2,1H3. The molecule has 1 aromatic rings. The molecule has 0 atom stereocenters. The molecule has 0 heterocycles. The minimum absolute atomic E-state index is 0.0115. The zero-order chi connectivity index (χ0) is 15.1. The van der Waals surface area contributed by atoms with Crippen molar-refractivity contribution in [3.63, 3.8) is 0 Å². The molecule has 5 nitrogen and oxygen atoms in total. The molecule has 1 aliphatic rings. The summed E-state index contributed by atoms with van der Waals surface area (Å²) in [6, 6.07) is 4.93. The van der Waals surface area contributed by atoms with E-state index in [-0.39, 0.29) is 5.69 Å². The van der Waals surface area contributed by atoms with E-state index in [0.29, 0.717) is 12.4 Å². The molecule has 5 heteroatoms. The largest absolute Gasteiger partial charge is 0.487 e. The summed E-state index contributed by atoms with van der Waals surface area (Å²) in [4.78, 5) is 10.5. The summed E-state index contributed by atoms with van der Waals surface area (Å²) < 4.78 is 5.34. The van der Waals surface area contributed by atoms with Crippen molar-refractivity contribution < 1.29 is 9.66 Å². The highest BCUT2D eigenvalue weighted by molar-refractivity contribution is 5.58. The summed E-state index contributed by atoms with van der Waals surface area (Å²) in [5.41, 5.74) is 2.39. The highest BCUT2D eigenvalue weighted by Gasteiger charge is 2.15. The summed E-state index contributed by atoms with van der Waals surface area (Å²) >= 11 is 0. The summed E-state index contributed by atoms with van der Waals surface area (Å²) in [6.07, 6.45) is 8.36. The number of rotatable bonds is 7. The lowest BCUT2D eigenvalue weighted by molar-refractivity contribution is -0.385. The molecule has 0 amide bonds. The van der Waals surface area contributed by atoms with Crippen LogP contribution in [0.1, 0.15) is 39.0 Å². The number of nitro groups is 1. The van der Waals surface area contributed by atoms with E-state index in [1.54, 1.807) is 12.1 Å². The van der Waals surface area contributed by atoms with Gasteiger partial charge >= 0.3 is 5.69 Å². The Kier molecular flexibility index (Phi) is 5.60. The zero-order valence-corrected chi connectivity index (χ0v) is 12.4. The van der Waals surface area contributed by atoms with E-state index in [1.165, 1.54) is 37.3 Å². The Morgan fingerprint density at radius 1 is 1.38 bits per heavy atom. The third kappa shape index (κ3) is 4.48. The molecule has 114 valence electrons. The Labute approximate surface area is 125 Å². The Morgan fingerprint density at radius 2 is 2.24 bits per heavy atom. The lowest BCUT2D eigenvalue weighted by Gasteiger charge is -2.14. The first-order valence-corrected chi connectivity index (χ1v) is 7.53. The monoisotopic (exact) mass is 290 g/mol. The summed E-state index contributed by atoms with van der Waals surface area (Å²) in [6.45, 7) is 3.08. The number of hydrogen-bond acceptors (Lipinski definition) is 4. The fourth-order valence-electron chi connectivity index (χ4n) is 2.55. The van der Waals surface area contributed by atoms with Crippen LogP contribution in [0.15, 0.2) is 29.8 Å². The number of nitrogens with zero attached hydrogens (tertiary/aromatic N) is 1. The molecule has 0 radical (unpaired) electrons. The number of ether oxygens (including phenoxy) is 1. The summed E-state index contributed by atoms with van der Waals surface area (Å²) in [7, 11) is 0. The fourth-order valence-corrected chi connectivity index (χ4v) is 2.55. The van der Waals surface area contributed by atoms with Gasteiger partial charge in [-0.3, -0.25) is 10.1 Å². The normalized spacial score (nSPS) is 14.4. The molecule has 0 unspecified atom stereocenters. The van der Waals surface area contributed by atoms with Crippen LogP contribution >= 0.6 is 0 Å². The maximum Gasteiger partial charge on any atom is 0.311 e. The lowest BCUT2D eigenvalue weighted by atomic mass is 9.97. The molecule has 0 fully saturated rings. The minimum atomic E-state index is -0.415. The second-order valence-corrected chi connectivity index (χ2v) is 5.16. The molecule has 0 aliphatic heterocycles.